The molecule has 0 aliphatic heterocycles. The molecule has 2 aromatic heterocycles. The Morgan fingerprint density at radius 1 is 1.39 bits per heavy atom. The average molecular weight is 246 g/mol. The number of aromatic nitrogens is 3. The molecule has 1 aliphatic rings. The van der Waals surface area contributed by atoms with Gasteiger partial charge in [0.15, 0.2) is 5.65 Å². The summed E-state index contributed by atoms with van der Waals surface area (Å²) in [7, 11) is 0. The van der Waals surface area contributed by atoms with Crippen molar-refractivity contribution in [3.8, 4) is 0 Å². The van der Waals surface area contributed by atoms with Crippen molar-refractivity contribution in [2.75, 3.05) is 25.1 Å². The van der Waals surface area contributed by atoms with Crippen LogP contribution >= 0.6 is 0 Å². The topological polar surface area (TPSA) is 51.5 Å². The number of nitrogens with one attached hydrogen (secondary N) is 1. The summed E-state index contributed by atoms with van der Waals surface area (Å²) in [6.07, 6.45) is 7.38. The van der Waals surface area contributed by atoms with Crippen molar-refractivity contribution in [3.05, 3.63) is 24.5 Å². The molecule has 0 saturated heterocycles. The molecule has 3 rings (SSSR count). The summed E-state index contributed by atoms with van der Waals surface area (Å²) < 4.78 is 7.33. The van der Waals surface area contributed by atoms with Gasteiger partial charge in [0.2, 0.25) is 0 Å². The van der Waals surface area contributed by atoms with Crippen LogP contribution in [-0.2, 0) is 4.74 Å². The van der Waals surface area contributed by atoms with Crippen LogP contribution in [-0.4, -0.2) is 34.4 Å². The summed E-state index contributed by atoms with van der Waals surface area (Å²) in [5.74, 6) is 1.74. The van der Waals surface area contributed by atoms with Gasteiger partial charge in [-0.25, -0.2) is 9.50 Å². The molecule has 2 aromatic rings. The number of rotatable bonds is 7. The molecule has 0 unspecified atom stereocenters. The second-order valence-corrected chi connectivity index (χ2v) is 4.75. The standard InChI is InChI=1S/C13H18N4O/c1(9-18-10-11-2-3-11)6-14-12-5-8-17-13(16-12)4-7-15-17/h4-5,7-8,11H,1-3,6,9-10H2,(H,14,16). The molecule has 1 fully saturated rings. The van der Waals surface area contributed by atoms with Crippen molar-refractivity contribution >= 4 is 11.5 Å². The first-order valence-corrected chi connectivity index (χ1v) is 6.54. The third-order valence-corrected chi connectivity index (χ3v) is 3.08. The average Bonchev–Trinajstić information content (AvgIpc) is 3.09. The third-order valence-electron chi connectivity index (χ3n) is 3.08. The number of hydrogen-bond acceptors (Lipinski definition) is 4. The minimum absolute atomic E-state index is 0.832. The Balaban J connectivity index is 1.38. The third kappa shape index (κ3) is 2.98. The van der Waals surface area contributed by atoms with E-state index < -0.39 is 0 Å². The fourth-order valence-electron chi connectivity index (χ4n) is 1.84. The van der Waals surface area contributed by atoms with Crippen LogP contribution in [0.15, 0.2) is 24.5 Å². The summed E-state index contributed by atoms with van der Waals surface area (Å²) in [6, 6.07) is 3.83. The van der Waals surface area contributed by atoms with Crippen LogP contribution in [0.2, 0.25) is 0 Å². The zero-order valence-corrected chi connectivity index (χ0v) is 10.4. The molecule has 0 aromatic carbocycles. The van der Waals surface area contributed by atoms with Crippen molar-refractivity contribution in [2.24, 2.45) is 5.92 Å². The Bertz CT molecular complexity index is 506. The molecule has 0 radical (unpaired) electrons. The first-order valence-electron chi connectivity index (χ1n) is 6.54. The molecule has 0 bridgehead atoms. The maximum atomic E-state index is 5.58. The van der Waals surface area contributed by atoms with Gasteiger partial charge >= 0.3 is 0 Å². The maximum Gasteiger partial charge on any atom is 0.157 e. The monoisotopic (exact) mass is 246 g/mol. The number of fused-ring (bicyclic) bond motifs is 1. The largest absolute Gasteiger partial charge is 0.381 e. The van der Waals surface area contributed by atoms with E-state index in [-0.39, 0.29) is 0 Å². The van der Waals surface area contributed by atoms with E-state index >= 15 is 0 Å². The molecule has 18 heavy (non-hydrogen) atoms. The first-order chi connectivity index (χ1) is 8.92. The lowest BCUT2D eigenvalue weighted by Gasteiger charge is -2.06. The SMILES string of the molecule is c1cc2nc(NCCCOCC3CC3)ccn2n1. The first kappa shape index (κ1) is 11.5. The van der Waals surface area contributed by atoms with Crippen LogP contribution in [0.1, 0.15) is 19.3 Å². The smallest absolute Gasteiger partial charge is 0.157 e. The summed E-state index contributed by atoms with van der Waals surface area (Å²) in [6.45, 7) is 2.67. The molecule has 1 N–H and O–H groups in total. The van der Waals surface area contributed by atoms with Crippen molar-refractivity contribution in [2.45, 2.75) is 19.3 Å². The molecule has 0 spiro atoms. The van der Waals surface area contributed by atoms with Crippen LogP contribution in [0.25, 0.3) is 5.65 Å². The Morgan fingerprint density at radius 3 is 3.22 bits per heavy atom. The number of nitrogens with zero attached hydrogens (tertiary/aromatic N) is 3. The van der Waals surface area contributed by atoms with E-state index in [0.29, 0.717) is 0 Å². The molecule has 0 amide bonds. The van der Waals surface area contributed by atoms with Crippen LogP contribution in [0, 0.1) is 5.92 Å². The minimum atomic E-state index is 0.832. The lowest BCUT2D eigenvalue weighted by atomic mass is 10.4. The van der Waals surface area contributed by atoms with Gasteiger partial charge < -0.3 is 10.1 Å². The van der Waals surface area contributed by atoms with E-state index in [2.05, 4.69) is 15.4 Å². The van der Waals surface area contributed by atoms with Crippen LogP contribution in [0.3, 0.4) is 0 Å². The summed E-state index contributed by atoms with van der Waals surface area (Å²) in [5, 5.41) is 7.41. The lowest BCUT2D eigenvalue weighted by molar-refractivity contribution is 0.124. The van der Waals surface area contributed by atoms with Gasteiger partial charge in [-0.3, -0.25) is 0 Å². The van der Waals surface area contributed by atoms with Gasteiger partial charge in [0.1, 0.15) is 5.82 Å². The van der Waals surface area contributed by atoms with Gasteiger partial charge in [-0.2, -0.15) is 5.10 Å². The number of ether oxygens (including phenoxy) is 1. The summed E-state index contributed by atoms with van der Waals surface area (Å²) >= 11 is 0. The highest BCUT2D eigenvalue weighted by atomic mass is 16.5. The summed E-state index contributed by atoms with van der Waals surface area (Å²) in [4.78, 5) is 4.44. The molecular weight excluding hydrogens is 228 g/mol. The Morgan fingerprint density at radius 2 is 2.33 bits per heavy atom. The van der Waals surface area contributed by atoms with E-state index in [0.717, 1.165) is 43.6 Å². The molecule has 0 atom stereocenters. The van der Waals surface area contributed by atoms with Gasteiger partial charge in [0.05, 0.1) is 6.20 Å². The van der Waals surface area contributed by atoms with E-state index in [9.17, 15) is 0 Å². The quantitative estimate of drug-likeness (QED) is 0.759. The van der Waals surface area contributed by atoms with Crippen molar-refractivity contribution in [1.82, 2.24) is 14.6 Å². The van der Waals surface area contributed by atoms with Crippen molar-refractivity contribution in [3.63, 3.8) is 0 Å². The number of hydrogen-bond donors (Lipinski definition) is 1. The lowest BCUT2D eigenvalue weighted by Crippen LogP contribution is -2.08. The van der Waals surface area contributed by atoms with Crippen LogP contribution < -0.4 is 5.32 Å². The van der Waals surface area contributed by atoms with E-state index in [1.54, 1.807) is 10.7 Å². The van der Waals surface area contributed by atoms with Gasteiger partial charge in [0, 0.05) is 32.0 Å². The van der Waals surface area contributed by atoms with Gasteiger partial charge in [-0.05, 0) is 31.2 Å². The second-order valence-electron chi connectivity index (χ2n) is 4.75. The Kier molecular flexibility index (Phi) is 3.41. The molecule has 5 nitrogen and oxygen atoms in total. The molecule has 96 valence electrons. The Labute approximate surface area is 106 Å². The fraction of sp³-hybridized carbons (Fsp3) is 0.538. The molecule has 5 heteroatoms. The van der Waals surface area contributed by atoms with Crippen molar-refractivity contribution < 1.29 is 4.74 Å². The second kappa shape index (κ2) is 5.35. The molecule has 1 aliphatic carbocycles. The normalized spacial score (nSPS) is 15.1. The minimum Gasteiger partial charge on any atom is -0.381 e. The predicted molar refractivity (Wildman–Crippen MR) is 69.6 cm³/mol. The van der Waals surface area contributed by atoms with Gasteiger partial charge in [-0.1, -0.05) is 0 Å². The summed E-state index contributed by atoms with van der Waals surface area (Å²) in [5.41, 5.74) is 0.866. The number of anilines is 1. The molecule has 2 heterocycles. The zero-order chi connectivity index (χ0) is 12.2. The predicted octanol–water partition coefficient (Wildman–Crippen LogP) is 1.96. The van der Waals surface area contributed by atoms with Gasteiger partial charge in [-0.15, -0.1) is 0 Å². The maximum absolute atomic E-state index is 5.58. The van der Waals surface area contributed by atoms with E-state index in [4.69, 9.17) is 4.74 Å². The highest BCUT2D eigenvalue weighted by Crippen LogP contribution is 2.28. The molecular formula is C13H18N4O. The van der Waals surface area contributed by atoms with Crippen LogP contribution in [0.4, 0.5) is 5.82 Å². The van der Waals surface area contributed by atoms with Gasteiger partial charge in [0.25, 0.3) is 0 Å². The van der Waals surface area contributed by atoms with E-state index in [1.165, 1.54) is 12.8 Å². The highest BCUT2D eigenvalue weighted by molar-refractivity contribution is 5.45. The van der Waals surface area contributed by atoms with Crippen molar-refractivity contribution in [1.29, 1.82) is 0 Å². The van der Waals surface area contributed by atoms with Crippen LogP contribution in [0.5, 0.6) is 0 Å². The Hall–Kier alpha value is -1.62. The highest BCUT2D eigenvalue weighted by Gasteiger charge is 2.20. The fourth-order valence-corrected chi connectivity index (χ4v) is 1.84. The molecule has 1 saturated carbocycles. The van der Waals surface area contributed by atoms with E-state index in [1.807, 2.05) is 18.3 Å². The zero-order valence-electron chi connectivity index (χ0n) is 10.4.